The minimum Gasteiger partial charge on any atom is -0.324 e. The first-order valence-corrected chi connectivity index (χ1v) is 10.8. The molecule has 1 fully saturated rings. The zero-order valence-corrected chi connectivity index (χ0v) is 17.9. The Balaban J connectivity index is 1.53. The molecule has 0 amide bonds. The van der Waals surface area contributed by atoms with Gasteiger partial charge < -0.3 is 5.32 Å². The molecule has 0 radical (unpaired) electrons. The molecule has 162 valence electrons. The molecule has 0 bridgehead atoms. The molecule has 5 nitrogen and oxygen atoms in total. The quantitative estimate of drug-likeness (QED) is 0.483. The van der Waals surface area contributed by atoms with E-state index in [-0.39, 0.29) is 11.6 Å². The van der Waals surface area contributed by atoms with Crippen molar-refractivity contribution in [1.82, 2.24) is 19.9 Å². The topological polar surface area (TPSA) is 63.6 Å². The summed E-state index contributed by atoms with van der Waals surface area (Å²) in [5, 5.41) is 3.03. The Morgan fingerprint density at radius 3 is 2.42 bits per heavy atom. The summed E-state index contributed by atoms with van der Waals surface area (Å²) in [5.74, 6) is 2.07. The van der Waals surface area contributed by atoms with Gasteiger partial charge in [-0.15, -0.1) is 0 Å². The Morgan fingerprint density at radius 1 is 0.968 bits per heavy atom. The first kappa shape index (κ1) is 21.3. The predicted octanol–water partition coefficient (Wildman–Crippen LogP) is 6.61. The van der Waals surface area contributed by atoms with Gasteiger partial charge in [-0.25, -0.2) is 28.7 Å². The van der Waals surface area contributed by atoms with Crippen LogP contribution in [0.3, 0.4) is 0 Å². The van der Waals surface area contributed by atoms with Crippen LogP contribution in [0.1, 0.15) is 68.5 Å². The number of halogens is 2. The van der Waals surface area contributed by atoms with Gasteiger partial charge in [-0.2, -0.15) is 0 Å². The van der Waals surface area contributed by atoms with E-state index in [4.69, 9.17) is 0 Å². The lowest BCUT2D eigenvalue weighted by atomic mass is 9.80. The summed E-state index contributed by atoms with van der Waals surface area (Å²) in [7, 11) is 0. The Morgan fingerprint density at radius 2 is 1.71 bits per heavy atom. The fourth-order valence-electron chi connectivity index (χ4n) is 4.27. The number of alkyl halides is 2. The van der Waals surface area contributed by atoms with Crippen LogP contribution in [-0.2, 0) is 0 Å². The first-order valence-electron chi connectivity index (χ1n) is 10.8. The molecule has 3 aromatic rings. The van der Waals surface area contributed by atoms with Crippen molar-refractivity contribution in [2.75, 3.05) is 5.32 Å². The molecule has 0 saturated heterocycles. The third-order valence-corrected chi connectivity index (χ3v) is 6.00. The summed E-state index contributed by atoms with van der Waals surface area (Å²) in [6.07, 6.45) is 8.89. The van der Waals surface area contributed by atoms with Crippen LogP contribution in [0.2, 0.25) is 0 Å². The number of nitrogens with one attached hydrogen (secondary N) is 1. The van der Waals surface area contributed by atoms with Gasteiger partial charge in [0.25, 0.3) is 6.43 Å². The second-order valence-electron chi connectivity index (χ2n) is 8.34. The van der Waals surface area contributed by atoms with Crippen LogP contribution in [0.15, 0.2) is 42.9 Å². The van der Waals surface area contributed by atoms with Gasteiger partial charge in [0.15, 0.2) is 0 Å². The zero-order valence-electron chi connectivity index (χ0n) is 17.9. The number of rotatable bonds is 6. The van der Waals surface area contributed by atoms with Crippen molar-refractivity contribution in [1.29, 1.82) is 0 Å². The van der Waals surface area contributed by atoms with Crippen LogP contribution >= 0.6 is 0 Å². The average Bonchev–Trinajstić information content (AvgIpc) is 2.79. The molecule has 1 N–H and O–H groups in total. The number of hydrogen-bond donors (Lipinski definition) is 1. The van der Waals surface area contributed by atoms with Gasteiger partial charge in [0, 0.05) is 35.8 Å². The van der Waals surface area contributed by atoms with Gasteiger partial charge >= 0.3 is 0 Å². The molecule has 2 aromatic heterocycles. The van der Waals surface area contributed by atoms with E-state index < -0.39 is 6.43 Å². The van der Waals surface area contributed by atoms with Crippen LogP contribution in [0.25, 0.3) is 11.1 Å². The molecular formula is C24H27F2N5. The Hall–Kier alpha value is -2.96. The molecule has 2 heterocycles. The normalized spacial score (nSPS) is 15.8. The minimum absolute atomic E-state index is 0.141. The molecular weight excluding hydrogens is 396 g/mol. The van der Waals surface area contributed by atoms with Gasteiger partial charge in [-0.3, -0.25) is 0 Å². The van der Waals surface area contributed by atoms with Gasteiger partial charge in [0.2, 0.25) is 5.95 Å². The fraction of sp³-hybridized carbons (Fsp3) is 0.417. The monoisotopic (exact) mass is 423 g/mol. The highest BCUT2D eigenvalue weighted by Gasteiger charge is 2.23. The lowest BCUT2D eigenvalue weighted by Crippen LogP contribution is -2.16. The summed E-state index contributed by atoms with van der Waals surface area (Å²) in [6, 6.07) is 7.10. The third-order valence-electron chi connectivity index (χ3n) is 6.00. The number of hydrogen-bond acceptors (Lipinski definition) is 5. The van der Waals surface area contributed by atoms with Crippen molar-refractivity contribution < 1.29 is 8.78 Å². The molecule has 31 heavy (non-hydrogen) atoms. The molecule has 1 unspecified atom stereocenters. The van der Waals surface area contributed by atoms with E-state index >= 15 is 0 Å². The standard InChI is InChI=1S/C24H27F2N5/c1-15-10-18(12-20(11-15)30-24-27-9-8-21(31-24)22(25)26)19-13-28-23(29-14-19)16(2)17-6-4-3-5-7-17/h8-14,16-17,22H,3-7H2,1-2H3,(H,27,30,31). The Labute approximate surface area is 181 Å². The van der Waals surface area contributed by atoms with E-state index in [9.17, 15) is 8.78 Å². The number of nitrogens with zero attached hydrogens (tertiary/aromatic N) is 4. The minimum atomic E-state index is -2.64. The van der Waals surface area contributed by atoms with Crippen molar-refractivity contribution >= 4 is 11.6 Å². The molecule has 0 spiro atoms. The molecule has 7 heteroatoms. The summed E-state index contributed by atoms with van der Waals surface area (Å²) in [4.78, 5) is 17.3. The van der Waals surface area contributed by atoms with E-state index in [0.29, 0.717) is 11.8 Å². The summed E-state index contributed by atoms with van der Waals surface area (Å²) < 4.78 is 25.8. The summed E-state index contributed by atoms with van der Waals surface area (Å²) in [5.41, 5.74) is 3.30. The lowest BCUT2D eigenvalue weighted by molar-refractivity contribution is 0.146. The van der Waals surface area contributed by atoms with Crippen molar-refractivity contribution in [3.8, 4) is 11.1 Å². The Bertz CT molecular complexity index is 1020. The second-order valence-corrected chi connectivity index (χ2v) is 8.34. The largest absolute Gasteiger partial charge is 0.324 e. The van der Waals surface area contributed by atoms with Crippen molar-refractivity contribution in [3.05, 3.63) is 59.9 Å². The molecule has 1 saturated carbocycles. The first-order chi connectivity index (χ1) is 15.0. The maximum Gasteiger partial charge on any atom is 0.280 e. The van der Waals surface area contributed by atoms with Crippen molar-refractivity contribution in [2.24, 2.45) is 5.92 Å². The van der Waals surface area contributed by atoms with Gasteiger partial charge in [-0.05, 0) is 55.0 Å². The molecule has 1 aliphatic rings. The van der Waals surface area contributed by atoms with Crippen molar-refractivity contribution in [2.45, 2.75) is 58.3 Å². The fourth-order valence-corrected chi connectivity index (χ4v) is 4.27. The smallest absolute Gasteiger partial charge is 0.280 e. The van der Waals surface area contributed by atoms with E-state index in [1.165, 1.54) is 44.4 Å². The molecule has 0 aliphatic heterocycles. The maximum atomic E-state index is 12.9. The van der Waals surface area contributed by atoms with Gasteiger partial charge in [0.05, 0.1) is 0 Å². The zero-order chi connectivity index (χ0) is 21.8. The van der Waals surface area contributed by atoms with Crippen LogP contribution < -0.4 is 5.32 Å². The molecule has 4 rings (SSSR count). The Kier molecular flexibility index (Phi) is 6.49. The molecule has 1 atom stereocenters. The number of anilines is 2. The highest BCUT2D eigenvalue weighted by atomic mass is 19.3. The van der Waals surface area contributed by atoms with Crippen LogP contribution in [-0.4, -0.2) is 19.9 Å². The summed E-state index contributed by atoms with van der Waals surface area (Å²) >= 11 is 0. The second kappa shape index (κ2) is 9.45. The van der Waals surface area contributed by atoms with E-state index in [2.05, 4.69) is 32.2 Å². The van der Waals surface area contributed by atoms with Gasteiger partial charge in [-0.1, -0.05) is 32.3 Å². The summed E-state index contributed by atoms with van der Waals surface area (Å²) in [6.45, 7) is 4.21. The molecule has 1 aromatic carbocycles. The van der Waals surface area contributed by atoms with E-state index in [1.54, 1.807) is 0 Å². The van der Waals surface area contributed by atoms with E-state index in [0.717, 1.165) is 28.2 Å². The lowest BCUT2D eigenvalue weighted by Gasteiger charge is -2.26. The third kappa shape index (κ3) is 5.21. The predicted molar refractivity (Wildman–Crippen MR) is 117 cm³/mol. The number of aromatic nitrogens is 4. The highest BCUT2D eigenvalue weighted by molar-refractivity contribution is 5.70. The maximum absolute atomic E-state index is 12.9. The average molecular weight is 424 g/mol. The van der Waals surface area contributed by atoms with E-state index in [1.807, 2.05) is 37.5 Å². The van der Waals surface area contributed by atoms with Crippen LogP contribution in [0.4, 0.5) is 20.4 Å². The highest BCUT2D eigenvalue weighted by Crippen LogP contribution is 2.34. The number of aryl methyl sites for hydroxylation is 1. The SMILES string of the molecule is Cc1cc(Nc2nccc(C(F)F)n2)cc(-c2cnc(C(C)C3CCCCC3)nc2)c1. The van der Waals surface area contributed by atoms with Gasteiger partial charge in [0.1, 0.15) is 11.5 Å². The van der Waals surface area contributed by atoms with Crippen LogP contribution in [0, 0.1) is 12.8 Å². The van der Waals surface area contributed by atoms with Crippen molar-refractivity contribution in [3.63, 3.8) is 0 Å². The van der Waals surface area contributed by atoms with Crippen LogP contribution in [0.5, 0.6) is 0 Å². The molecule has 1 aliphatic carbocycles. The number of benzene rings is 1.